The number of allylic oxidation sites excluding steroid dienone is 1. The maximum Gasteiger partial charge on any atom is 0.338 e. The lowest BCUT2D eigenvalue weighted by Gasteiger charge is -2.23. The van der Waals surface area contributed by atoms with E-state index >= 15 is 0 Å². The predicted octanol–water partition coefficient (Wildman–Crippen LogP) is 3.87. The molecule has 4 rings (SSSR count). The number of carbonyl (C=O) groups is 2. The van der Waals surface area contributed by atoms with E-state index in [4.69, 9.17) is 9.47 Å². The number of esters is 1. The zero-order valence-corrected chi connectivity index (χ0v) is 15.6. The highest BCUT2D eigenvalue weighted by molar-refractivity contribution is 5.89. The van der Waals surface area contributed by atoms with Crippen LogP contribution in [0.1, 0.15) is 40.6 Å². The standard InChI is InChI=1S/C23H23NO4/c1-2-6-19-13-20-15-27-22(24(20)21(19)25)17-9-11-18(12-10-17)23(26)28-14-16-7-4-3-5-8-16/h2-5,7-12,19-20,22H,1,6,13-15H2/t19-,20?,22-/m1/s1. The molecule has 1 unspecified atom stereocenters. The Morgan fingerprint density at radius 2 is 1.93 bits per heavy atom. The molecule has 2 saturated heterocycles. The molecule has 5 nitrogen and oxygen atoms in total. The molecule has 2 aromatic rings. The second-order valence-corrected chi connectivity index (χ2v) is 7.23. The molecule has 0 radical (unpaired) electrons. The van der Waals surface area contributed by atoms with E-state index < -0.39 is 0 Å². The van der Waals surface area contributed by atoms with E-state index in [1.807, 2.05) is 47.4 Å². The molecule has 2 aromatic carbocycles. The highest BCUT2D eigenvalue weighted by Crippen LogP contribution is 2.40. The molecule has 0 spiro atoms. The Labute approximate surface area is 164 Å². The minimum absolute atomic E-state index is 0.00105. The van der Waals surface area contributed by atoms with Gasteiger partial charge in [0.25, 0.3) is 0 Å². The maximum absolute atomic E-state index is 12.7. The van der Waals surface area contributed by atoms with Gasteiger partial charge in [0.2, 0.25) is 5.91 Å². The zero-order chi connectivity index (χ0) is 19.5. The van der Waals surface area contributed by atoms with Crippen LogP contribution in [0.3, 0.4) is 0 Å². The summed E-state index contributed by atoms with van der Waals surface area (Å²) in [6.45, 7) is 4.53. The topological polar surface area (TPSA) is 55.8 Å². The van der Waals surface area contributed by atoms with E-state index in [9.17, 15) is 9.59 Å². The number of fused-ring (bicyclic) bond motifs is 1. The van der Waals surface area contributed by atoms with Gasteiger partial charge in [-0.1, -0.05) is 48.5 Å². The number of benzene rings is 2. The van der Waals surface area contributed by atoms with Gasteiger partial charge in [0, 0.05) is 11.5 Å². The summed E-state index contributed by atoms with van der Waals surface area (Å²) in [6.07, 6.45) is 2.92. The van der Waals surface area contributed by atoms with Crippen LogP contribution in [0.5, 0.6) is 0 Å². The van der Waals surface area contributed by atoms with E-state index in [0.29, 0.717) is 18.6 Å². The predicted molar refractivity (Wildman–Crippen MR) is 104 cm³/mol. The van der Waals surface area contributed by atoms with Crippen molar-refractivity contribution in [1.82, 2.24) is 4.90 Å². The number of hydrogen-bond donors (Lipinski definition) is 0. The first-order valence-corrected chi connectivity index (χ1v) is 9.53. The fourth-order valence-corrected chi connectivity index (χ4v) is 3.92. The fraction of sp³-hybridized carbons (Fsp3) is 0.304. The molecule has 0 aromatic heterocycles. The lowest BCUT2D eigenvalue weighted by molar-refractivity contribution is -0.137. The van der Waals surface area contributed by atoms with Gasteiger partial charge in [-0.15, -0.1) is 6.58 Å². The molecule has 0 saturated carbocycles. The van der Waals surface area contributed by atoms with Gasteiger partial charge in [0.1, 0.15) is 6.61 Å². The molecule has 3 atom stereocenters. The monoisotopic (exact) mass is 377 g/mol. The third-order valence-electron chi connectivity index (χ3n) is 5.35. The van der Waals surface area contributed by atoms with E-state index in [1.165, 1.54) is 0 Å². The van der Waals surface area contributed by atoms with Crippen molar-refractivity contribution in [2.24, 2.45) is 5.92 Å². The van der Waals surface area contributed by atoms with Gasteiger partial charge in [-0.05, 0) is 30.5 Å². The van der Waals surface area contributed by atoms with Crippen molar-refractivity contribution in [2.75, 3.05) is 6.61 Å². The summed E-state index contributed by atoms with van der Waals surface area (Å²) >= 11 is 0. The van der Waals surface area contributed by atoms with Crippen molar-refractivity contribution in [3.8, 4) is 0 Å². The highest BCUT2D eigenvalue weighted by Gasteiger charge is 2.47. The number of ether oxygens (including phenoxy) is 2. The Balaban J connectivity index is 1.41. The molecule has 1 amide bonds. The number of carbonyl (C=O) groups excluding carboxylic acids is 2. The Kier molecular flexibility index (Phi) is 5.26. The summed E-state index contributed by atoms with van der Waals surface area (Å²) in [5, 5.41) is 0. The van der Waals surface area contributed by atoms with Gasteiger partial charge in [-0.25, -0.2) is 4.79 Å². The van der Waals surface area contributed by atoms with Gasteiger partial charge in [0.05, 0.1) is 18.2 Å². The highest BCUT2D eigenvalue weighted by atomic mass is 16.5. The van der Waals surface area contributed by atoms with Gasteiger partial charge in [-0.3, -0.25) is 4.79 Å². The molecule has 144 valence electrons. The van der Waals surface area contributed by atoms with Crippen molar-refractivity contribution >= 4 is 11.9 Å². The third-order valence-corrected chi connectivity index (χ3v) is 5.35. The van der Waals surface area contributed by atoms with Gasteiger partial charge in [-0.2, -0.15) is 0 Å². The fourth-order valence-electron chi connectivity index (χ4n) is 3.92. The Bertz CT molecular complexity index is 862. The van der Waals surface area contributed by atoms with Gasteiger partial charge >= 0.3 is 5.97 Å². The lowest BCUT2D eigenvalue weighted by Crippen LogP contribution is -2.32. The minimum atomic E-state index is -0.387. The molecule has 2 aliphatic heterocycles. The average molecular weight is 377 g/mol. The summed E-state index contributed by atoms with van der Waals surface area (Å²) in [6, 6.07) is 16.8. The molecule has 0 aliphatic carbocycles. The third kappa shape index (κ3) is 3.58. The van der Waals surface area contributed by atoms with Crippen molar-refractivity contribution in [3.05, 3.63) is 83.9 Å². The van der Waals surface area contributed by atoms with E-state index in [0.717, 1.165) is 17.5 Å². The van der Waals surface area contributed by atoms with Crippen LogP contribution in [0.2, 0.25) is 0 Å². The molecule has 5 heteroatoms. The van der Waals surface area contributed by atoms with Crippen LogP contribution in [0.15, 0.2) is 67.3 Å². The first-order valence-electron chi connectivity index (χ1n) is 9.53. The molecule has 2 heterocycles. The molecule has 0 N–H and O–H groups in total. The van der Waals surface area contributed by atoms with Gasteiger partial charge < -0.3 is 14.4 Å². The quantitative estimate of drug-likeness (QED) is 0.567. The number of amides is 1. The van der Waals surface area contributed by atoms with Crippen molar-refractivity contribution < 1.29 is 19.1 Å². The van der Waals surface area contributed by atoms with Crippen LogP contribution in [0.25, 0.3) is 0 Å². The summed E-state index contributed by atoms with van der Waals surface area (Å²) in [7, 11) is 0. The first kappa shape index (κ1) is 18.4. The second kappa shape index (κ2) is 7.98. The summed E-state index contributed by atoms with van der Waals surface area (Å²) in [5.74, 6) is -0.246. The Hall–Kier alpha value is -2.92. The first-order chi connectivity index (χ1) is 13.7. The number of hydrogen-bond acceptors (Lipinski definition) is 4. The smallest absolute Gasteiger partial charge is 0.338 e. The number of nitrogens with zero attached hydrogens (tertiary/aromatic N) is 1. The second-order valence-electron chi connectivity index (χ2n) is 7.23. The molecule has 0 bridgehead atoms. The van der Waals surface area contributed by atoms with Crippen LogP contribution in [0.4, 0.5) is 0 Å². The average Bonchev–Trinajstić information content (AvgIpc) is 3.28. The Morgan fingerprint density at radius 3 is 2.64 bits per heavy atom. The van der Waals surface area contributed by atoms with Crippen molar-refractivity contribution in [1.29, 1.82) is 0 Å². The number of rotatable bonds is 6. The summed E-state index contributed by atoms with van der Waals surface area (Å²) in [5.41, 5.74) is 2.29. The van der Waals surface area contributed by atoms with E-state index in [1.54, 1.807) is 18.2 Å². The Morgan fingerprint density at radius 1 is 1.18 bits per heavy atom. The summed E-state index contributed by atoms with van der Waals surface area (Å²) in [4.78, 5) is 26.8. The molecular formula is C23H23NO4. The molecule has 2 fully saturated rings. The zero-order valence-electron chi connectivity index (χ0n) is 15.6. The largest absolute Gasteiger partial charge is 0.457 e. The van der Waals surface area contributed by atoms with Crippen molar-refractivity contribution in [2.45, 2.75) is 31.7 Å². The van der Waals surface area contributed by atoms with E-state index in [-0.39, 0.29) is 36.7 Å². The summed E-state index contributed by atoms with van der Waals surface area (Å²) < 4.78 is 11.2. The SMILES string of the molecule is C=CC[C@@H]1CC2CO[C@H](c3ccc(C(=O)OCc4ccccc4)cc3)N2C1=O. The van der Waals surface area contributed by atoms with Crippen molar-refractivity contribution in [3.63, 3.8) is 0 Å². The van der Waals surface area contributed by atoms with E-state index in [2.05, 4.69) is 6.58 Å². The van der Waals surface area contributed by atoms with Crippen LogP contribution in [0, 0.1) is 5.92 Å². The molecular weight excluding hydrogens is 354 g/mol. The van der Waals surface area contributed by atoms with Crippen LogP contribution < -0.4 is 0 Å². The molecule has 28 heavy (non-hydrogen) atoms. The lowest BCUT2D eigenvalue weighted by atomic mass is 10.0. The van der Waals surface area contributed by atoms with Gasteiger partial charge in [0.15, 0.2) is 6.23 Å². The van der Waals surface area contributed by atoms with Crippen LogP contribution in [-0.4, -0.2) is 29.4 Å². The maximum atomic E-state index is 12.7. The minimum Gasteiger partial charge on any atom is -0.457 e. The molecule has 2 aliphatic rings. The van der Waals surface area contributed by atoms with Crippen LogP contribution in [-0.2, 0) is 20.9 Å². The van der Waals surface area contributed by atoms with Crippen LogP contribution >= 0.6 is 0 Å². The normalized spacial score (nSPS) is 23.5.